The minimum absolute atomic E-state index is 0.0574. The smallest absolute Gasteiger partial charge is 0.261 e. The lowest BCUT2D eigenvalue weighted by molar-refractivity contribution is 0.152. The number of anilines is 2. The number of H-pyrrole nitrogens is 1. The van der Waals surface area contributed by atoms with Gasteiger partial charge in [-0.1, -0.05) is 47.2 Å². The lowest BCUT2D eigenvalue weighted by Crippen LogP contribution is -2.28. The number of hydrogen-bond acceptors (Lipinski definition) is 7. The van der Waals surface area contributed by atoms with Crippen molar-refractivity contribution in [3.8, 4) is 11.3 Å². The highest BCUT2D eigenvalue weighted by molar-refractivity contribution is 7.92. The molecule has 6 rings (SSSR count). The van der Waals surface area contributed by atoms with Crippen LogP contribution >= 0.6 is 0 Å². The maximum absolute atomic E-state index is 13.0. The first kappa shape index (κ1) is 26.7. The second kappa shape index (κ2) is 11.2. The fourth-order valence-corrected chi connectivity index (χ4v) is 6.03. The van der Waals surface area contributed by atoms with E-state index in [4.69, 9.17) is 4.74 Å². The molecular weight excluding hydrogens is 540 g/mol. The van der Waals surface area contributed by atoms with Gasteiger partial charge < -0.3 is 14.6 Å². The number of pyridine rings is 1. The van der Waals surface area contributed by atoms with E-state index in [9.17, 15) is 13.2 Å². The van der Waals surface area contributed by atoms with Crippen LogP contribution in [0.3, 0.4) is 0 Å². The molecule has 0 radical (unpaired) electrons. The molecule has 1 saturated heterocycles. The van der Waals surface area contributed by atoms with Gasteiger partial charge in [-0.15, -0.1) is 5.10 Å². The van der Waals surface area contributed by atoms with Gasteiger partial charge in [-0.2, -0.15) is 0 Å². The molecule has 0 bridgehead atoms. The Balaban J connectivity index is 1.25. The first-order valence-electron chi connectivity index (χ1n) is 13.4. The average Bonchev–Trinajstić information content (AvgIpc) is 3.24. The van der Waals surface area contributed by atoms with Crippen molar-refractivity contribution in [2.24, 2.45) is 0 Å². The van der Waals surface area contributed by atoms with Crippen LogP contribution in [0.1, 0.15) is 17.5 Å². The monoisotopic (exact) mass is 570 g/mol. The number of sulfonamides is 1. The average molecular weight is 571 g/mol. The summed E-state index contributed by atoms with van der Waals surface area (Å²) in [5.41, 5.74) is 4.35. The van der Waals surface area contributed by atoms with Crippen LogP contribution in [-0.4, -0.2) is 54.7 Å². The summed E-state index contributed by atoms with van der Waals surface area (Å²) < 4.78 is 35.6. The van der Waals surface area contributed by atoms with Crippen molar-refractivity contribution in [3.05, 3.63) is 100 Å². The summed E-state index contributed by atoms with van der Waals surface area (Å²) in [5, 5.41) is 9.29. The minimum Gasteiger partial charge on any atom is -0.380 e. The van der Waals surface area contributed by atoms with Gasteiger partial charge in [0.25, 0.3) is 10.0 Å². The van der Waals surface area contributed by atoms with Crippen LogP contribution in [0, 0.1) is 6.92 Å². The van der Waals surface area contributed by atoms with Crippen LogP contribution in [-0.2, 0) is 21.3 Å². The van der Waals surface area contributed by atoms with E-state index in [0.29, 0.717) is 48.6 Å². The SMILES string of the molecule is Cc1ccc(S(=O)(=O)Nc2cccc(Cn3cc(-c4cccc5c(=O)cc(N6CCCOCC6)[nH]c45)nn3)c2)cc1. The third kappa shape index (κ3) is 5.86. The number of aryl methyl sites for hydroxylation is 1. The summed E-state index contributed by atoms with van der Waals surface area (Å²) in [7, 11) is -3.71. The molecule has 5 aromatic rings. The largest absolute Gasteiger partial charge is 0.380 e. The van der Waals surface area contributed by atoms with Gasteiger partial charge in [-0.3, -0.25) is 9.52 Å². The Morgan fingerprint density at radius 3 is 2.68 bits per heavy atom. The molecule has 1 fully saturated rings. The maximum Gasteiger partial charge on any atom is 0.261 e. The maximum atomic E-state index is 13.0. The third-order valence-electron chi connectivity index (χ3n) is 7.08. The van der Waals surface area contributed by atoms with E-state index in [1.165, 1.54) is 0 Å². The van der Waals surface area contributed by atoms with E-state index in [0.717, 1.165) is 35.5 Å². The number of aromatic amines is 1. The van der Waals surface area contributed by atoms with Crippen LogP contribution in [0.4, 0.5) is 11.5 Å². The molecule has 0 amide bonds. The molecule has 41 heavy (non-hydrogen) atoms. The van der Waals surface area contributed by atoms with Gasteiger partial charge in [0.1, 0.15) is 11.5 Å². The molecule has 0 saturated carbocycles. The fraction of sp³-hybridized carbons (Fsp3) is 0.233. The van der Waals surface area contributed by atoms with Gasteiger partial charge in [0, 0.05) is 42.4 Å². The van der Waals surface area contributed by atoms with Crippen LogP contribution in [0.25, 0.3) is 22.2 Å². The zero-order valence-electron chi connectivity index (χ0n) is 22.6. The summed E-state index contributed by atoms with van der Waals surface area (Å²) in [6.07, 6.45) is 2.72. The second-order valence-electron chi connectivity index (χ2n) is 10.1. The highest BCUT2D eigenvalue weighted by atomic mass is 32.2. The van der Waals surface area contributed by atoms with Crippen LogP contribution in [0.2, 0.25) is 0 Å². The molecule has 3 heterocycles. The van der Waals surface area contributed by atoms with E-state index < -0.39 is 10.0 Å². The quantitative estimate of drug-likeness (QED) is 0.301. The van der Waals surface area contributed by atoms with Gasteiger partial charge >= 0.3 is 0 Å². The van der Waals surface area contributed by atoms with E-state index in [2.05, 4.69) is 24.9 Å². The number of rotatable bonds is 7. The zero-order chi connectivity index (χ0) is 28.4. The highest BCUT2D eigenvalue weighted by Gasteiger charge is 2.17. The number of para-hydroxylation sites is 1. The topological polar surface area (TPSA) is 122 Å². The predicted octanol–water partition coefficient (Wildman–Crippen LogP) is 4.17. The molecule has 0 spiro atoms. The Morgan fingerprint density at radius 2 is 1.83 bits per heavy atom. The Labute approximate surface area is 237 Å². The summed E-state index contributed by atoms with van der Waals surface area (Å²) in [5.74, 6) is 0.762. The van der Waals surface area contributed by atoms with Crippen LogP contribution in [0.5, 0.6) is 0 Å². The molecule has 1 aliphatic rings. The normalized spacial score (nSPS) is 14.2. The van der Waals surface area contributed by atoms with Gasteiger partial charge in [0.15, 0.2) is 5.43 Å². The molecule has 10 nitrogen and oxygen atoms in total. The molecule has 11 heteroatoms. The molecular formula is C30H30N6O4S. The van der Waals surface area contributed by atoms with Crippen molar-refractivity contribution in [1.29, 1.82) is 0 Å². The van der Waals surface area contributed by atoms with Crippen molar-refractivity contribution in [2.45, 2.75) is 24.8 Å². The van der Waals surface area contributed by atoms with E-state index in [-0.39, 0.29) is 10.3 Å². The summed E-state index contributed by atoms with van der Waals surface area (Å²) in [6.45, 7) is 5.13. The summed E-state index contributed by atoms with van der Waals surface area (Å²) >= 11 is 0. The number of nitrogens with one attached hydrogen (secondary N) is 2. The molecule has 1 aliphatic heterocycles. The first-order chi connectivity index (χ1) is 19.9. The predicted molar refractivity (Wildman–Crippen MR) is 159 cm³/mol. The Bertz CT molecular complexity index is 1860. The fourth-order valence-electron chi connectivity index (χ4n) is 4.98. The lowest BCUT2D eigenvalue weighted by atomic mass is 10.1. The van der Waals surface area contributed by atoms with Crippen molar-refractivity contribution in [1.82, 2.24) is 20.0 Å². The number of benzene rings is 3. The molecule has 3 aromatic carbocycles. The first-order valence-corrected chi connectivity index (χ1v) is 14.9. The van der Waals surface area contributed by atoms with Gasteiger partial charge in [0.2, 0.25) is 0 Å². The Kier molecular flexibility index (Phi) is 7.29. The van der Waals surface area contributed by atoms with E-state index in [1.807, 2.05) is 31.3 Å². The van der Waals surface area contributed by atoms with Crippen molar-refractivity contribution in [3.63, 3.8) is 0 Å². The van der Waals surface area contributed by atoms with Crippen molar-refractivity contribution < 1.29 is 13.2 Å². The number of fused-ring (bicyclic) bond motifs is 1. The molecule has 210 valence electrons. The van der Waals surface area contributed by atoms with Crippen LogP contribution in [0.15, 0.2) is 88.7 Å². The highest BCUT2D eigenvalue weighted by Crippen LogP contribution is 2.27. The lowest BCUT2D eigenvalue weighted by Gasteiger charge is -2.22. The number of aromatic nitrogens is 4. The van der Waals surface area contributed by atoms with Gasteiger partial charge in [-0.25, -0.2) is 13.1 Å². The van der Waals surface area contributed by atoms with Crippen molar-refractivity contribution >= 4 is 32.4 Å². The summed E-state index contributed by atoms with van der Waals surface area (Å²) in [4.78, 5) is 18.8. The standard InChI is InChI=1S/C30H30N6O4S/c1-21-9-11-24(12-10-21)41(38,39)33-23-6-2-5-22(17-23)19-36-20-27(32-34-36)25-7-3-8-26-28(37)18-29(31-30(25)26)35-13-4-15-40-16-14-35/h2-3,5-12,17-18,20,33H,4,13-16,19H2,1H3,(H,31,37). The minimum atomic E-state index is -3.71. The van der Waals surface area contributed by atoms with Crippen LogP contribution < -0.4 is 15.1 Å². The summed E-state index contributed by atoms with van der Waals surface area (Å²) in [6, 6.07) is 21.1. The number of hydrogen-bond donors (Lipinski definition) is 2. The molecule has 0 atom stereocenters. The zero-order valence-corrected chi connectivity index (χ0v) is 23.4. The second-order valence-corrected chi connectivity index (χ2v) is 11.8. The Hall–Kier alpha value is -4.48. The molecule has 0 aliphatic carbocycles. The van der Waals surface area contributed by atoms with E-state index in [1.54, 1.807) is 59.3 Å². The molecule has 0 unspecified atom stereocenters. The number of ether oxygens (including phenoxy) is 1. The van der Waals surface area contributed by atoms with Gasteiger partial charge in [0.05, 0.1) is 29.8 Å². The number of nitrogens with zero attached hydrogens (tertiary/aromatic N) is 4. The molecule has 2 N–H and O–H groups in total. The van der Waals surface area contributed by atoms with Gasteiger partial charge in [-0.05, 0) is 49.2 Å². The third-order valence-corrected chi connectivity index (χ3v) is 8.48. The Morgan fingerprint density at radius 1 is 1.00 bits per heavy atom. The molecule has 2 aromatic heterocycles. The van der Waals surface area contributed by atoms with E-state index >= 15 is 0 Å². The van der Waals surface area contributed by atoms with Crippen molar-refractivity contribution in [2.75, 3.05) is 35.9 Å².